The van der Waals surface area contributed by atoms with Gasteiger partial charge in [-0.1, -0.05) is 19.3 Å². The molecule has 0 aromatic heterocycles. The number of anilines is 1. The van der Waals surface area contributed by atoms with E-state index in [0.717, 1.165) is 31.4 Å². The van der Waals surface area contributed by atoms with Crippen LogP contribution in [0.1, 0.15) is 44.1 Å². The Morgan fingerprint density at radius 2 is 1.81 bits per heavy atom. The molecule has 6 nitrogen and oxygen atoms in total. The zero-order chi connectivity index (χ0) is 18.6. The second-order valence-electron chi connectivity index (χ2n) is 7.19. The molecule has 0 unspecified atom stereocenters. The molecular formula is C19H25N3O3S. The van der Waals surface area contributed by atoms with Crippen LogP contribution < -0.4 is 5.32 Å². The molecule has 1 aromatic rings. The first kappa shape index (κ1) is 18.7. The van der Waals surface area contributed by atoms with Crippen LogP contribution >= 0.6 is 0 Å². The van der Waals surface area contributed by atoms with Crippen molar-refractivity contribution in [1.82, 2.24) is 4.90 Å². The molecular weight excluding hydrogens is 350 g/mol. The van der Waals surface area contributed by atoms with Gasteiger partial charge in [0.1, 0.15) is 0 Å². The van der Waals surface area contributed by atoms with Gasteiger partial charge < -0.3 is 10.2 Å². The Kier molecular flexibility index (Phi) is 5.82. The van der Waals surface area contributed by atoms with Gasteiger partial charge in [0.25, 0.3) is 0 Å². The molecule has 1 saturated carbocycles. The van der Waals surface area contributed by atoms with Crippen LogP contribution in [0.5, 0.6) is 0 Å². The molecule has 1 aliphatic carbocycles. The number of carbonyl (C=O) groups is 1. The van der Waals surface area contributed by atoms with E-state index < -0.39 is 9.84 Å². The lowest BCUT2D eigenvalue weighted by molar-refractivity contribution is -0.134. The molecule has 2 aliphatic rings. The lowest BCUT2D eigenvalue weighted by Gasteiger charge is -2.38. The van der Waals surface area contributed by atoms with E-state index in [4.69, 9.17) is 5.26 Å². The van der Waals surface area contributed by atoms with Gasteiger partial charge in [0.15, 0.2) is 9.84 Å². The number of carbonyl (C=O) groups excluding carboxylic acids is 1. The van der Waals surface area contributed by atoms with Crippen molar-refractivity contribution in [2.75, 3.05) is 23.4 Å². The Bertz CT molecular complexity index is 777. The number of amides is 1. The standard InChI is InChI=1S/C19H25N3O3S/c20-12-15-6-8-16(9-7-15)21-13-19(23)22(17-4-2-1-3-5-17)18-10-11-26(24,25)14-18/h6-9,17-18,21H,1-5,10-11,13-14H2/t18-/m1/s1. The molecule has 7 heteroatoms. The molecule has 0 radical (unpaired) electrons. The van der Waals surface area contributed by atoms with E-state index in [1.165, 1.54) is 6.42 Å². The number of rotatable bonds is 5. The van der Waals surface area contributed by atoms with E-state index in [-0.39, 0.29) is 36.0 Å². The van der Waals surface area contributed by atoms with Gasteiger partial charge >= 0.3 is 0 Å². The van der Waals surface area contributed by atoms with Gasteiger partial charge in [0, 0.05) is 17.8 Å². The number of nitriles is 1. The molecule has 1 amide bonds. The van der Waals surface area contributed by atoms with Crippen LogP contribution in [-0.4, -0.2) is 49.4 Å². The van der Waals surface area contributed by atoms with Gasteiger partial charge in [-0.25, -0.2) is 8.42 Å². The van der Waals surface area contributed by atoms with Gasteiger partial charge in [0.05, 0.1) is 29.7 Å². The number of nitrogens with zero attached hydrogens (tertiary/aromatic N) is 2. The quantitative estimate of drug-likeness (QED) is 0.853. The topological polar surface area (TPSA) is 90.3 Å². The maximum absolute atomic E-state index is 13.0. The molecule has 1 saturated heterocycles. The van der Waals surface area contributed by atoms with E-state index in [9.17, 15) is 13.2 Å². The Morgan fingerprint density at radius 1 is 1.12 bits per heavy atom. The van der Waals surface area contributed by atoms with E-state index in [1.54, 1.807) is 24.3 Å². The molecule has 0 bridgehead atoms. The van der Waals surface area contributed by atoms with Gasteiger partial charge in [0.2, 0.25) is 5.91 Å². The summed E-state index contributed by atoms with van der Waals surface area (Å²) in [6.45, 7) is 0.138. The Morgan fingerprint density at radius 3 is 2.38 bits per heavy atom. The summed E-state index contributed by atoms with van der Waals surface area (Å²) >= 11 is 0. The van der Waals surface area contributed by atoms with E-state index in [2.05, 4.69) is 11.4 Å². The number of hydrogen-bond acceptors (Lipinski definition) is 5. The minimum Gasteiger partial charge on any atom is -0.376 e. The third kappa shape index (κ3) is 4.55. The summed E-state index contributed by atoms with van der Waals surface area (Å²) in [5.41, 5.74) is 1.35. The van der Waals surface area contributed by atoms with Crippen LogP contribution in [0.2, 0.25) is 0 Å². The van der Waals surface area contributed by atoms with Crippen LogP contribution in [0.4, 0.5) is 5.69 Å². The highest BCUT2D eigenvalue weighted by atomic mass is 32.2. The second-order valence-corrected chi connectivity index (χ2v) is 9.42. The summed E-state index contributed by atoms with van der Waals surface area (Å²) in [7, 11) is -3.03. The molecule has 1 N–H and O–H groups in total. The molecule has 1 heterocycles. The maximum atomic E-state index is 13.0. The van der Waals surface area contributed by atoms with Gasteiger partial charge in [-0.05, 0) is 43.5 Å². The molecule has 2 fully saturated rings. The van der Waals surface area contributed by atoms with Gasteiger partial charge in [-0.2, -0.15) is 5.26 Å². The number of sulfone groups is 1. The fourth-order valence-corrected chi connectivity index (χ4v) is 5.70. The zero-order valence-electron chi connectivity index (χ0n) is 14.9. The fraction of sp³-hybridized carbons (Fsp3) is 0.579. The van der Waals surface area contributed by atoms with E-state index >= 15 is 0 Å². The summed E-state index contributed by atoms with van der Waals surface area (Å²) in [4.78, 5) is 14.8. The Hall–Kier alpha value is -2.07. The Balaban J connectivity index is 1.68. The number of nitrogens with one attached hydrogen (secondary N) is 1. The number of benzene rings is 1. The monoisotopic (exact) mass is 375 g/mol. The third-order valence-electron chi connectivity index (χ3n) is 5.32. The molecule has 1 aliphatic heterocycles. The zero-order valence-corrected chi connectivity index (χ0v) is 15.7. The molecule has 140 valence electrons. The van der Waals surface area contributed by atoms with Crippen LogP contribution in [0.25, 0.3) is 0 Å². The predicted molar refractivity (Wildman–Crippen MR) is 100 cm³/mol. The van der Waals surface area contributed by atoms with Crippen molar-refractivity contribution in [1.29, 1.82) is 5.26 Å². The summed E-state index contributed by atoms with van der Waals surface area (Å²) in [5, 5.41) is 12.0. The minimum atomic E-state index is -3.03. The highest BCUT2D eigenvalue weighted by Crippen LogP contribution is 2.28. The first-order valence-electron chi connectivity index (χ1n) is 9.24. The third-order valence-corrected chi connectivity index (χ3v) is 7.07. The SMILES string of the molecule is N#Cc1ccc(NCC(=O)N(C2CCCCC2)[C@@H]2CCS(=O)(=O)C2)cc1. The molecule has 1 aromatic carbocycles. The normalized spacial score (nSPS) is 22.5. The fourth-order valence-electron chi connectivity index (χ4n) is 3.99. The van der Waals surface area contributed by atoms with Crippen LogP contribution in [0.15, 0.2) is 24.3 Å². The van der Waals surface area contributed by atoms with Crippen molar-refractivity contribution in [3.63, 3.8) is 0 Å². The Labute approximate surface area is 155 Å². The van der Waals surface area contributed by atoms with Crippen molar-refractivity contribution < 1.29 is 13.2 Å². The average molecular weight is 375 g/mol. The van der Waals surface area contributed by atoms with Gasteiger partial charge in [-0.15, -0.1) is 0 Å². The van der Waals surface area contributed by atoms with Crippen molar-refractivity contribution in [3.05, 3.63) is 29.8 Å². The average Bonchev–Trinajstić information content (AvgIpc) is 3.01. The summed E-state index contributed by atoms with van der Waals surface area (Å²) in [6.07, 6.45) is 5.83. The molecule has 1 atom stereocenters. The minimum absolute atomic E-state index is 0.0386. The first-order valence-corrected chi connectivity index (χ1v) is 11.1. The van der Waals surface area contributed by atoms with E-state index in [1.807, 2.05) is 4.90 Å². The summed E-state index contributed by atoms with van der Waals surface area (Å²) < 4.78 is 23.8. The maximum Gasteiger partial charge on any atom is 0.242 e. The lowest BCUT2D eigenvalue weighted by atomic mass is 9.93. The van der Waals surface area contributed by atoms with Crippen LogP contribution in [0, 0.1) is 11.3 Å². The lowest BCUT2D eigenvalue weighted by Crippen LogP contribution is -2.50. The van der Waals surface area contributed by atoms with Crippen molar-refractivity contribution in [2.24, 2.45) is 0 Å². The van der Waals surface area contributed by atoms with E-state index in [0.29, 0.717) is 12.0 Å². The summed E-state index contributed by atoms with van der Waals surface area (Å²) in [5.74, 6) is 0.229. The van der Waals surface area contributed by atoms with Gasteiger partial charge in [-0.3, -0.25) is 4.79 Å². The predicted octanol–water partition coefficient (Wildman–Crippen LogP) is 2.32. The largest absolute Gasteiger partial charge is 0.376 e. The summed E-state index contributed by atoms with van der Waals surface area (Å²) in [6, 6.07) is 8.98. The highest BCUT2D eigenvalue weighted by molar-refractivity contribution is 7.91. The first-order chi connectivity index (χ1) is 12.5. The number of hydrogen-bond donors (Lipinski definition) is 1. The van der Waals surface area contributed by atoms with Crippen LogP contribution in [0.3, 0.4) is 0 Å². The second kappa shape index (κ2) is 8.09. The highest BCUT2D eigenvalue weighted by Gasteiger charge is 2.38. The van der Waals surface area contributed by atoms with Crippen molar-refractivity contribution in [3.8, 4) is 6.07 Å². The van der Waals surface area contributed by atoms with Crippen molar-refractivity contribution >= 4 is 21.4 Å². The van der Waals surface area contributed by atoms with Crippen molar-refractivity contribution in [2.45, 2.75) is 50.6 Å². The molecule has 26 heavy (non-hydrogen) atoms. The molecule has 0 spiro atoms. The smallest absolute Gasteiger partial charge is 0.242 e. The van der Waals surface area contributed by atoms with Crippen LogP contribution in [-0.2, 0) is 14.6 Å². The molecule has 3 rings (SSSR count).